The Hall–Kier alpha value is -5.13. The molecule has 0 radical (unpaired) electrons. The van der Waals surface area contributed by atoms with Gasteiger partial charge in [-0.2, -0.15) is 0 Å². The molecule has 12 nitrogen and oxygen atoms in total. The number of carboxylic acids is 1. The van der Waals surface area contributed by atoms with Crippen molar-refractivity contribution in [2.45, 2.75) is 434 Å². The Labute approximate surface area is 650 Å². The molecule has 0 aromatic heterocycles. The van der Waals surface area contributed by atoms with E-state index in [4.69, 9.17) is 28.4 Å². The van der Waals surface area contributed by atoms with Gasteiger partial charge in [0.25, 0.3) is 11.8 Å². The summed E-state index contributed by atoms with van der Waals surface area (Å²) < 4.78 is 40.2. The average molecular weight is 1480 g/mol. The molecule has 3 aromatic rings. The van der Waals surface area contributed by atoms with Gasteiger partial charge in [0.1, 0.15) is 0 Å². The van der Waals surface area contributed by atoms with Gasteiger partial charge in [-0.05, 0) is 87.4 Å². The number of amides is 2. The van der Waals surface area contributed by atoms with Crippen molar-refractivity contribution in [1.82, 2.24) is 0 Å². The lowest BCUT2D eigenvalue weighted by molar-refractivity contribution is 0.0696. The van der Waals surface area contributed by atoms with E-state index in [9.17, 15) is 19.5 Å². The third-order valence-corrected chi connectivity index (χ3v) is 21.2. The summed E-state index contributed by atoms with van der Waals surface area (Å²) in [5.74, 6) is 0.756. The van der Waals surface area contributed by atoms with E-state index in [0.717, 1.165) is 103 Å². The maximum Gasteiger partial charge on any atom is 0.335 e. The van der Waals surface area contributed by atoms with Crippen molar-refractivity contribution in [3.63, 3.8) is 0 Å². The van der Waals surface area contributed by atoms with Crippen LogP contribution in [0, 0.1) is 6.92 Å². The first kappa shape index (κ1) is 95.1. The fraction of sp³-hybridized carbons (Fsp3) is 0.777. The lowest BCUT2D eigenvalue weighted by Gasteiger charge is -2.20. The van der Waals surface area contributed by atoms with Crippen LogP contribution in [0.1, 0.15) is 463 Å². The molecule has 608 valence electrons. The minimum atomic E-state index is -1.20. The number of nitrogens with one attached hydrogen (secondary N) is 2. The lowest BCUT2D eigenvalue weighted by Crippen LogP contribution is -2.18. The molecule has 0 heterocycles. The van der Waals surface area contributed by atoms with E-state index in [1.807, 2.05) is 0 Å². The Bertz CT molecular complexity index is 2340. The Kier molecular flexibility index (Phi) is 60.9. The van der Waals surface area contributed by atoms with Gasteiger partial charge < -0.3 is 44.2 Å². The summed E-state index contributed by atoms with van der Waals surface area (Å²) >= 11 is 0. The van der Waals surface area contributed by atoms with Gasteiger partial charge in [0.05, 0.1) is 45.2 Å². The number of benzene rings is 3. The van der Waals surface area contributed by atoms with Crippen LogP contribution in [-0.4, -0.2) is 62.5 Å². The highest BCUT2D eigenvalue weighted by atomic mass is 16.5. The first-order valence-corrected chi connectivity index (χ1v) is 45.2. The molecule has 0 atom stereocenters. The zero-order chi connectivity index (χ0) is 76.2. The molecule has 0 fully saturated rings. The van der Waals surface area contributed by atoms with Gasteiger partial charge in [0.2, 0.25) is 11.5 Å². The Balaban J connectivity index is 2.02. The van der Waals surface area contributed by atoms with Crippen LogP contribution in [0.25, 0.3) is 0 Å². The van der Waals surface area contributed by atoms with Crippen molar-refractivity contribution < 1.29 is 47.9 Å². The highest BCUT2D eigenvalue weighted by molar-refractivity contribution is 6.09. The molecule has 0 saturated heterocycles. The maximum atomic E-state index is 15.0. The minimum absolute atomic E-state index is 0.0929. The van der Waals surface area contributed by atoms with Crippen LogP contribution in [0.2, 0.25) is 0 Å². The summed E-state index contributed by atoms with van der Waals surface area (Å²) in [5.41, 5.74) is 1.48. The second-order valence-electron chi connectivity index (χ2n) is 31.2. The molecular weight excluding hydrogens is 1320 g/mol. The first-order valence-electron chi connectivity index (χ1n) is 45.2. The van der Waals surface area contributed by atoms with E-state index in [2.05, 4.69) is 52.2 Å². The van der Waals surface area contributed by atoms with Gasteiger partial charge >= 0.3 is 5.97 Å². The number of ether oxygens (including phenoxy) is 6. The van der Waals surface area contributed by atoms with Gasteiger partial charge in [-0.1, -0.05) is 388 Å². The SMILES string of the molecule is CCCCCCCCCCCCOc1cc(C(=O)Nc2cc(C(=O)O)cc(NC(=O)c3cc(OCCCCCCCCCCCC)c(OCCCCCCCCCCCC)c(OCCCCCCCCCCCC)c3)c2C)cc(OCCCCCCCCCCCC)c1OCCCCCCCCCCCC. The lowest BCUT2D eigenvalue weighted by atomic mass is 10.1. The van der Waals surface area contributed by atoms with E-state index in [-0.39, 0.29) is 16.9 Å². The number of carboxylic acid groups (broad SMARTS) is 1. The second-order valence-corrected chi connectivity index (χ2v) is 31.2. The van der Waals surface area contributed by atoms with Gasteiger partial charge in [-0.15, -0.1) is 0 Å². The van der Waals surface area contributed by atoms with Gasteiger partial charge in [-0.3, -0.25) is 9.59 Å². The number of unbranched alkanes of at least 4 members (excludes halogenated alkanes) is 54. The highest BCUT2D eigenvalue weighted by Crippen LogP contribution is 2.42. The molecule has 106 heavy (non-hydrogen) atoms. The van der Waals surface area contributed by atoms with Crippen LogP contribution in [0.4, 0.5) is 11.4 Å². The quantitative estimate of drug-likeness (QED) is 0.0466. The van der Waals surface area contributed by atoms with Crippen molar-refractivity contribution in [1.29, 1.82) is 0 Å². The number of carbonyl (C=O) groups excluding carboxylic acids is 2. The first-order chi connectivity index (χ1) is 52.1. The van der Waals surface area contributed by atoms with Gasteiger partial charge in [0, 0.05) is 22.5 Å². The van der Waals surface area contributed by atoms with E-state index in [1.54, 1.807) is 31.2 Å². The van der Waals surface area contributed by atoms with Crippen molar-refractivity contribution in [3.8, 4) is 34.5 Å². The average Bonchev–Trinajstić information content (AvgIpc) is 0.807. The highest BCUT2D eigenvalue weighted by Gasteiger charge is 2.24. The smallest absolute Gasteiger partial charge is 0.335 e. The third kappa shape index (κ3) is 47.7. The van der Waals surface area contributed by atoms with Crippen LogP contribution in [-0.2, 0) is 0 Å². The van der Waals surface area contributed by atoms with Crippen molar-refractivity contribution in [2.24, 2.45) is 0 Å². The standard InChI is InChI=1S/C94H162N2O10/c1-8-14-20-26-32-38-44-50-56-62-68-101-86-76-81(77-87(102-69-63-57-51-45-39-33-27-21-15-9-2)90(86)105-72-66-60-54-48-42-36-30-24-18-12-5)92(97)95-84-74-83(94(99)100)75-85(80(84)7)96-93(98)82-78-88(103-70-64-58-52-46-40-34-28-22-16-10-3)91(106-73-67-61-55-49-43-37-31-25-19-13-6)89(79-82)104-71-65-59-53-47-41-35-29-23-17-11-4/h74-79H,8-73H2,1-7H3,(H,95,97)(H,96,98)(H,99,100). The summed E-state index contributed by atoms with van der Waals surface area (Å²) in [7, 11) is 0. The van der Waals surface area contributed by atoms with Crippen LogP contribution in [0.5, 0.6) is 34.5 Å². The molecule has 3 N–H and O–H groups in total. The number of hydrogen-bond donors (Lipinski definition) is 3. The molecule has 0 aliphatic heterocycles. The van der Waals surface area contributed by atoms with Gasteiger partial charge in [-0.25, -0.2) is 4.79 Å². The van der Waals surface area contributed by atoms with Gasteiger partial charge in [0.15, 0.2) is 23.0 Å². The second kappa shape index (κ2) is 67.9. The summed E-state index contributed by atoms with van der Waals surface area (Å²) in [6.45, 7) is 18.2. The van der Waals surface area contributed by atoms with Crippen LogP contribution in [0.15, 0.2) is 36.4 Å². The third-order valence-electron chi connectivity index (χ3n) is 21.2. The zero-order valence-corrected chi connectivity index (χ0v) is 69.8. The zero-order valence-electron chi connectivity index (χ0n) is 69.8. The van der Waals surface area contributed by atoms with E-state index in [1.165, 1.54) is 295 Å². The normalized spacial score (nSPS) is 11.3. The molecule has 0 spiro atoms. The number of hydrogen-bond acceptors (Lipinski definition) is 9. The summed E-state index contributed by atoms with van der Waals surface area (Å²) in [4.78, 5) is 43.1. The summed E-state index contributed by atoms with van der Waals surface area (Å²) in [5, 5.41) is 16.9. The molecule has 2 amide bonds. The maximum absolute atomic E-state index is 15.0. The molecular formula is C94H162N2O10. The van der Waals surface area contributed by atoms with Crippen molar-refractivity contribution in [2.75, 3.05) is 50.3 Å². The van der Waals surface area contributed by atoms with E-state index in [0.29, 0.717) is 90.8 Å². The number of carbonyl (C=O) groups is 3. The Morgan fingerprint density at radius 3 is 0.594 bits per heavy atom. The molecule has 0 bridgehead atoms. The number of aromatic carboxylic acids is 1. The fourth-order valence-corrected chi connectivity index (χ4v) is 14.2. The predicted molar refractivity (Wildman–Crippen MR) is 451 cm³/mol. The predicted octanol–water partition coefficient (Wildman–Crippen LogP) is 30.0. The van der Waals surface area contributed by atoms with E-state index < -0.39 is 17.8 Å². The largest absolute Gasteiger partial charge is 0.490 e. The fourth-order valence-electron chi connectivity index (χ4n) is 14.2. The molecule has 0 unspecified atom stereocenters. The summed E-state index contributed by atoms with van der Waals surface area (Å²) in [6.07, 6.45) is 72.5. The van der Waals surface area contributed by atoms with E-state index >= 15 is 0 Å². The molecule has 0 saturated carbocycles. The van der Waals surface area contributed by atoms with Crippen LogP contribution >= 0.6 is 0 Å². The summed E-state index contributed by atoms with van der Waals surface area (Å²) in [6, 6.07) is 9.93. The van der Waals surface area contributed by atoms with Crippen molar-refractivity contribution in [3.05, 3.63) is 58.7 Å². The molecule has 3 rings (SSSR count). The van der Waals surface area contributed by atoms with Crippen molar-refractivity contribution >= 4 is 29.2 Å². The topological polar surface area (TPSA) is 151 Å². The number of rotatable bonds is 77. The van der Waals surface area contributed by atoms with Crippen LogP contribution in [0.3, 0.4) is 0 Å². The Morgan fingerprint density at radius 2 is 0.415 bits per heavy atom. The molecule has 0 aliphatic rings. The number of anilines is 2. The monoisotopic (exact) mass is 1480 g/mol. The molecule has 3 aromatic carbocycles. The minimum Gasteiger partial charge on any atom is -0.490 e. The Morgan fingerprint density at radius 1 is 0.245 bits per heavy atom. The molecule has 12 heteroatoms. The van der Waals surface area contributed by atoms with Crippen LogP contribution < -0.4 is 39.1 Å². The molecule has 0 aliphatic carbocycles.